The maximum Gasteiger partial charge on any atom is 0.314 e. The molecule has 0 aliphatic rings. The monoisotopic (exact) mass is 256 g/mol. The summed E-state index contributed by atoms with van der Waals surface area (Å²) in [6, 6.07) is -0.733. The average Bonchev–Trinajstić information content (AvgIpc) is 1.85. The Morgan fingerprint density at radius 1 is 1.90 bits per heavy atom. The van der Waals surface area contributed by atoms with Gasteiger partial charge in [0.1, 0.15) is 0 Å². The van der Waals surface area contributed by atoms with Crippen molar-refractivity contribution in [2.24, 2.45) is 5.73 Å². The summed E-state index contributed by atoms with van der Waals surface area (Å²) in [7, 11) is 0. The van der Waals surface area contributed by atoms with E-state index in [4.69, 9.17) is 10.8 Å². The molecule has 0 saturated heterocycles. The van der Waals surface area contributed by atoms with E-state index in [0.717, 1.165) is 0 Å². The Labute approximate surface area is 72.6 Å². The van der Waals surface area contributed by atoms with Gasteiger partial charge in [-0.05, 0) is 29.5 Å². The second kappa shape index (κ2) is 4.51. The van der Waals surface area contributed by atoms with Crippen LogP contribution in [0.15, 0.2) is 9.66 Å². The Bertz CT molecular complexity index is 158. The molecule has 0 rings (SSSR count). The standard InChI is InChI=1S/C5H9IN2O2/c1-2-3(6)4(9)8-5(7)10/h2,4,9H,1H3,(H3,7,8,10)/b3-2+. The fraction of sp³-hybridized carbons (Fsp3) is 0.400. The lowest BCUT2D eigenvalue weighted by molar-refractivity contribution is 0.181. The minimum atomic E-state index is -0.969. The quantitative estimate of drug-likeness (QED) is 0.491. The Kier molecular flexibility index (Phi) is 4.37. The van der Waals surface area contributed by atoms with Gasteiger partial charge >= 0.3 is 6.03 Å². The fourth-order valence-corrected chi connectivity index (χ4v) is 0.517. The molecule has 0 aliphatic carbocycles. The smallest absolute Gasteiger partial charge is 0.314 e. The van der Waals surface area contributed by atoms with E-state index >= 15 is 0 Å². The van der Waals surface area contributed by atoms with Crippen molar-refractivity contribution < 1.29 is 9.90 Å². The predicted octanol–water partition coefficient (Wildman–Crippen LogP) is 0.312. The topological polar surface area (TPSA) is 75.3 Å². The molecule has 0 bridgehead atoms. The minimum absolute atomic E-state index is 0.636. The summed E-state index contributed by atoms with van der Waals surface area (Å²) in [4.78, 5) is 10.2. The number of nitrogens with two attached hydrogens (primary N) is 1. The van der Waals surface area contributed by atoms with Crippen LogP contribution >= 0.6 is 22.6 Å². The second-order valence-corrected chi connectivity index (χ2v) is 2.83. The van der Waals surface area contributed by atoms with Gasteiger partial charge < -0.3 is 16.2 Å². The zero-order chi connectivity index (χ0) is 8.15. The first-order valence-electron chi connectivity index (χ1n) is 2.63. The van der Waals surface area contributed by atoms with Crippen molar-refractivity contribution in [2.75, 3.05) is 0 Å². The summed E-state index contributed by atoms with van der Waals surface area (Å²) in [5, 5.41) is 11.1. The lowest BCUT2D eigenvalue weighted by Crippen LogP contribution is -2.38. The summed E-state index contributed by atoms with van der Waals surface area (Å²) in [5.41, 5.74) is 4.75. The summed E-state index contributed by atoms with van der Waals surface area (Å²) in [6.07, 6.45) is 0.712. The number of hydrogen-bond acceptors (Lipinski definition) is 2. The first-order valence-corrected chi connectivity index (χ1v) is 3.71. The molecule has 0 aliphatic heterocycles. The van der Waals surface area contributed by atoms with Crippen LogP contribution in [0.3, 0.4) is 0 Å². The Morgan fingerprint density at radius 3 is 2.70 bits per heavy atom. The van der Waals surface area contributed by atoms with Crippen molar-refractivity contribution >= 4 is 28.6 Å². The van der Waals surface area contributed by atoms with Crippen molar-refractivity contribution in [3.63, 3.8) is 0 Å². The lowest BCUT2D eigenvalue weighted by atomic mass is 10.5. The number of nitrogens with one attached hydrogen (secondary N) is 1. The molecule has 10 heavy (non-hydrogen) atoms. The molecule has 2 amide bonds. The van der Waals surface area contributed by atoms with E-state index in [0.29, 0.717) is 3.58 Å². The molecule has 0 aromatic rings. The van der Waals surface area contributed by atoms with Gasteiger partial charge in [0.25, 0.3) is 0 Å². The highest BCUT2D eigenvalue weighted by Gasteiger charge is 2.06. The van der Waals surface area contributed by atoms with E-state index in [1.807, 2.05) is 22.6 Å². The van der Waals surface area contributed by atoms with E-state index in [9.17, 15) is 4.79 Å². The van der Waals surface area contributed by atoms with Crippen molar-refractivity contribution in [3.8, 4) is 0 Å². The van der Waals surface area contributed by atoms with E-state index in [2.05, 4.69) is 5.32 Å². The maximum atomic E-state index is 10.2. The van der Waals surface area contributed by atoms with Gasteiger partial charge in [-0.15, -0.1) is 0 Å². The number of carbonyl (C=O) groups is 1. The van der Waals surface area contributed by atoms with Gasteiger partial charge in [0.2, 0.25) is 0 Å². The van der Waals surface area contributed by atoms with E-state index in [1.165, 1.54) is 0 Å². The number of carbonyl (C=O) groups excluding carboxylic acids is 1. The number of amides is 2. The van der Waals surface area contributed by atoms with Gasteiger partial charge in [-0.3, -0.25) is 0 Å². The molecule has 1 unspecified atom stereocenters. The summed E-state index contributed by atoms with van der Waals surface area (Å²) < 4.78 is 0.636. The van der Waals surface area contributed by atoms with Gasteiger partial charge in [-0.25, -0.2) is 4.79 Å². The van der Waals surface area contributed by atoms with Crippen LogP contribution in [0, 0.1) is 0 Å². The van der Waals surface area contributed by atoms with Crippen LogP contribution in [0.4, 0.5) is 4.79 Å². The summed E-state index contributed by atoms with van der Waals surface area (Å²) in [6.45, 7) is 1.76. The molecule has 4 nitrogen and oxygen atoms in total. The van der Waals surface area contributed by atoms with Gasteiger partial charge in [0.15, 0.2) is 6.23 Å². The van der Waals surface area contributed by atoms with Crippen LogP contribution in [0.5, 0.6) is 0 Å². The Morgan fingerprint density at radius 2 is 2.40 bits per heavy atom. The maximum absolute atomic E-state index is 10.2. The molecule has 1 atom stereocenters. The summed E-state index contributed by atoms with van der Waals surface area (Å²) in [5.74, 6) is 0. The number of rotatable bonds is 2. The number of aliphatic hydroxyl groups is 1. The third-order valence-electron chi connectivity index (χ3n) is 0.816. The highest BCUT2D eigenvalue weighted by Crippen LogP contribution is 2.08. The lowest BCUT2D eigenvalue weighted by Gasteiger charge is -2.08. The average molecular weight is 256 g/mol. The number of allylic oxidation sites excluding steroid dienone is 1. The zero-order valence-corrected chi connectivity index (χ0v) is 7.62. The molecule has 0 heterocycles. The van der Waals surface area contributed by atoms with Crippen LogP contribution in [0.2, 0.25) is 0 Å². The Balaban J connectivity index is 3.85. The van der Waals surface area contributed by atoms with E-state index in [-0.39, 0.29) is 0 Å². The highest BCUT2D eigenvalue weighted by atomic mass is 127. The van der Waals surface area contributed by atoms with Crippen molar-refractivity contribution in [2.45, 2.75) is 13.2 Å². The largest absolute Gasteiger partial charge is 0.369 e. The van der Waals surface area contributed by atoms with E-state index in [1.54, 1.807) is 13.0 Å². The zero-order valence-electron chi connectivity index (χ0n) is 5.47. The molecule has 0 aromatic carbocycles. The van der Waals surface area contributed by atoms with Crippen LogP contribution < -0.4 is 11.1 Å². The van der Waals surface area contributed by atoms with Crippen LogP contribution in [0.1, 0.15) is 6.92 Å². The molecule has 0 fully saturated rings. The fourth-order valence-electron chi connectivity index (χ4n) is 0.362. The van der Waals surface area contributed by atoms with Gasteiger partial charge in [-0.1, -0.05) is 6.08 Å². The first kappa shape index (κ1) is 9.70. The van der Waals surface area contributed by atoms with Gasteiger partial charge in [0, 0.05) is 3.58 Å². The molecular weight excluding hydrogens is 247 g/mol. The first-order chi connectivity index (χ1) is 4.57. The third kappa shape index (κ3) is 3.67. The van der Waals surface area contributed by atoms with Gasteiger partial charge in [-0.2, -0.15) is 0 Å². The molecule has 0 radical (unpaired) electrons. The second-order valence-electron chi connectivity index (χ2n) is 1.58. The number of aliphatic hydroxyl groups excluding tert-OH is 1. The van der Waals surface area contributed by atoms with Crippen molar-refractivity contribution in [1.29, 1.82) is 0 Å². The molecule has 4 N–H and O–H groups in total. The number of halogens is 1. The summed E-state index contributed by atoms with van der Waals surface area (Å²) >= 11 is 1.91. The van der Waals surface area contributed by atoms with Crippen LogP contribution in [0.25, 0.3) is 0 Å². The Hall–Kier alpha value is -0.300. The van der Waals surface area contributed by atoms with Crippen molar-refractivity contribution in [1.82, 2.24) is 5.32 Å². The number of urea groups is 1. The third-order valence-corrected chi connectivity index (χ3v) is 2.03. The molecule has 58 valence electrons. The van der Waals surface area contributed by atoms with Crippen LogP contribution in [-0.4, -0.2) is 17.4 Å². The predicted molar refractivity (Wildman–Crippen MR) is 46.5 cm³/mol. The SMILES string of the molecule is C/C=C(/I)C(O)NC(N)=O. The normalized spacial score (nSPS) is 14.5. The molecule has 0 saturated carbocycles. The highest BCUT2D eigenvalue weighted by molar-refractivity contribution is 14.1. The van der Waals surface area contributed by atoms with Crippen LogP contribution in [-0.2, 0) is 0 Å². The van der Waals surface area contributed by atoms with Gasteiger partial charge in [0.05, 0.1) is 0 Å². The number of primary amides is 1. The number of hydrogen-bond donors (Lipinski definition) is 3. The molecular formula is C5H9IN2O2. The molecule has 5 heteroatoms. The molecule has 0 spiro atoms. The molecule has 0 aromatic heterocycles. The van der Waals surface area contributed by atoms with Crippen molar-refractivity contribution in [3.05, 3.63) is 9.66 Å². The minimum Gasteiger partial charge on any atom is -0.369 e. The van der Waals surface area contributed by atoms with E-state index < -0.39 is 12.3 Å².